The number of hydrogen-bond acceptors (Lipinski definition) is 3. The van der Waals surface area contributed by atoms with Crippen LogP contribution in [0.5, 0.6) is 0 Å². The van der Waals surface area contributed by atoms with Crippen molar-refractivity contribution < 1.29 is 9.35 Å². The minimum Gasteiger partial charge on any atom is -0.351 e. The van der Waals surface area contributed by atoms with Crippen LogP contribution in [0.25, 0.3) is 0 Å². The molecule has 76 valence electrons. The fraction of sp³-hybridized carbons (Fsp3) is 0.300. The summed E-state index contributed by atoms with van der Waals surface area (Å²) in [6, 6.07) is 7.37. The predicted octanol–water partition coefficient (Wildman–Crippen LogP) is 1.93. The maximum absolute atomic E-state index is 11.4. The van der Waals surface area contributed by atoms with Crippen molar-refractivity contribution in [1.82, 2.24) is 5.32 Å². The third-order valence-corrected chi connectivity index (χ3v) is 2.18. The third kappa shape index (κ3) is 3.40. The van der Waals surface area contributed by atoms with Crippen molar-refractivity contribution in [2.24, 2.45) is 0 Å². The zero-order chi connectivity index (χ0) is 10.4. The fourth-order valence-corrected chi connectivity index (χ4v) is 1.21. The summed E-state index contributed by atoms with van der Waals surface area (Å²) in [5.41, 5.74) is 1.78. The van der Waals surface area contributed by atoms with Crippen molar-refractivity contribution in [3.63, 3.8) is 0 Å². The second-order valence-electron chi connectivity index (χ2n) is 2.96. The number of aryl methyl sites for hydroxylation is 1. The van der Waals surface area contributed by atoms with Gasteiger partial charge in [-0.05, 0) is 31.1 Å². The first-order valence-corrected chi connectivity index (χ1v) is 5.29. The Labute approximate surface area is 87.7 Å². The number of hydrogen-bond donors (Lipinski definition) is 2. The van der Waals surface area contributed by atoms with Gasteiger partial charge in [0.15, 0.2) is 0 Å². The van der Waals surface area contributed by atoms with Gasteiger partial charge in [-0.25, -0.2) is 0 Å². The molecular formula is C10H13NO2S. The van der Waals surface area contributed by atoms with E-state index in [1.807, 2.05) is 19.1 Å². The average molecular weight is 211 g/mol. The molecule has 0 aliphatic heterocycles. The maximum Gasteiger partial charge on any atom is 0.251 e. The molecule has 1 aromatic rings. The number of nitrogens with one attached hydrogen (secondary N) is 1. The van der Waals surface area contributed by atoms with Crippen LogP contribution in [0, 0.1) is 6.92 Å². The van der Waals surface area contributed by atoms with E-state index < -0.39 is 0 Å². The number of carbonyl (C=O) groups is 1. The van der Waals surface area contributed by atoms with Gasteiger partial charge in [0.25, 0.3) is 5.91 Å². The summed E-state index contributed by atoms with van der Waals surface area (Å²) in [4.78, 5) is 11.4. The van der Waals surface area contributed by atoms with Crippen molar-refractivity contribution in [2.45, 2.75) is 6.92 Å². The average Bonchev–Trinajstić information content (AvgIpc) is 2.19. The summed E-state index contributed by atoms with van der Waals surface area (Å²) >= 11 is 0.727. The van der Waals surface area contributed by atoms with Crippen LogP contribution in [-0.2, 0) is 0 Å². The molecule has 0 fully saturated rings. The smallest absolute Gasteiger partial charge is 0.251 e. The van der Waals surface area contributed by atoms with Crippen LogP contribution in [0.3, 0.4) is 0 Å². The largest absolute Gasteiger partial charge is 0.351 e. The molecule has 0 aliphatic rings. The van der Waals surface area contributed by atoms with Gasteiger partial charge in [-0.3, -0.25) is 4.79 Å². The second-order valence-corrected chi connectivity index (χ2v) is 3.62. The highest BCUT2D eigenvalue weighted by molar-refractivity contribution is 7.93. The molecule has 0 saturated heterocycles. The SMILES string of the molecule is Cc1ccc(C(=O)NCCSO)cc1. The van der Waals surface area contributed by atoms with Crippen LogP contribution in [0.1, 0.15) is 15.9 Å². The Hall–Kier alpha value is -1.00. The molecule has 1 amide bonds. The number of carbonyl (C=O) groups excluding carboxylic acids is 1. The first kappa shape index (κ1) is 11.1. The summed E-state index contributed by atoms with van der Waals surface area (Å²) < 4.78 is 8.45. The van der Waals surface area contributed by atoms with Gasteiger partial charge in [0.1, 0.15) is 0 Å². The molecule has 1 rings (SSSR count). The Bertz CT molecular complexity index is 297. The quantitative estimate of drug-likeness (QED) is 0.591. The first-order chi connectivity index (χ1) is 6.74. The first-order valence-electron chi connectivity index (χ1n) is 4.35. The van der Waals surface area contributed by atoms with Crippen LogP contribution in [0.15, 0.2) is 24.3 Å². The molecule has 0 saturated carbocycles. The lowest BCUT2D eigenvalue weighted by molar-refractivity contribution is 0.0956. The summed E-state index contributed by atoms with van der Waals surface area (Å²) in [5, 5.41) is 2.70. The molecule has 14 heavy (non-hydrogen) atoms. The van der Waals surface area contributed by atoms with Gasteiger partial charge in [-0.15, -0.1) is 0 Å². The van der Waals surface area contributed by atoms with Crippen molar-refractivity contribution >= 4 is 17.9 Å². The minimum absolute atomic E-state index is 0.0981. The molecule has 0 aromatic heterocycles. The predicted molar refractivity (Wildman–Crippen MR) is 58.6 cm³/mol. The van der Waals surface area contributed by atoms with Crippen LogP contribution >= 0.6 is 12.0 Å². The van der Waals surface area contributed by atoms with Crippen LogP contribution in [0.4, 0.5) is 0 Å². The molecule has 0 heterocycles. The highest BCUT2D eigenvalue weighted by atomic mass is 32.2. The minimum atomic E-state index is -0.0981. The lowest BCUT2D eigenvalue weighted by atomic mass is 10.1. The van der Waals surface area contributed by atoms with E-state index in [2.05, 4.69) is 5.32 Å². The van der Waals surface area contributed by atoms with E-state index >= 15 is 0 Å². The van der Waals surface area contributed by atoms with Gasteiger partial charge >= 0.3 is 0 Å². The van der Waals surface area contributed by atoms with Gasteiger partial charge in [0.2, 0.25) is 0 Å². The molecule has 1 aromatic carbocycles. The normalized spacial score (nSPS) is 9.86. The van der Waals surface area contributed by atoms with E-state index in [1.165, 1.54) is 0 Å². The van der Waals surface area contributed by atoms with Crippen LogP contribution < -0.4 is 5.32 Å². The maximum atomic E-state index is 11.4. The zero-order valence-corrected chi connectivity index (χ0v) is 8.80. The van der Waals surface area contributed by atoms with E-state index in [-0.39, 0.29) is 5.91 Å². The second kappa shape index (κ2) is 5.67. The molecule has 0 bridgehead atoms. The Morgan fingerprint density at radius 1 is 1.43 bits per heavy atom. The summed E-state index contributed by atoms with van der Waals surface area (Å²) in [6.45, 7) is 2.46. The van der Waals surface area contributed by atoms with E-state index in [4.69, 9.17) is 4.55 Å². The standard InChI is InChI=1S/C10H13NO2S/c1-8-2-4-9(5-3-8)10(12)11-6-7-14-13/h2-5,13H,6-7H2,1H3,(H,11,12). The molecule has 0 aliphatic carbocycles. The molecule has 4 heteroatoms. The van der Waals surface area contributed by atoms with E-state index in [9.17, 15) is 4.79 Å². The molecule has 0 spiro atoms. The Morgan fingerprint density at radius 2 is 2.07 bits per heavy atom. The van der Waals surface area contributed by atoms with Crippen molar-refractivity contribution in [1.29, 1.82) is 0 Å². The highest BCUT2D eigenvalue weighted by Gasteiger charge is 2.02. The highest BCUT2D eigenvalue weighted by Crippen LogP contribution is 2.02. The van der Waals surface area contributed by atoms with Crippen molar-refractivity contribution in [3.8, 4) is 0 Å². The lowest BCUT2D eigenvalue weighted by Gasteiger charge is -2.03. The third-order valence-electron chi connectivity index (χ3n) is 1.79. The van der Waals surface area contributed by atoms with E-state index in [0.717, 1.165) is 17.6 Å². The molecule has 0 radical (unpaired) electrons. The summed E-state index contributed by atoms with van der Waals surface area (Å²) in [6.07, 6.45) is 0. The van der Waals surface area contributed by atoms with Gasteiger partial charge in [-0.1, -0.05) is 17.7 Å². The molecule has 0 atom stereocenters. The number of amides is 1. The Balaban J connectivity index is 2.48. The Kier molecular flexibility index (Phi) is 4.49. The summed E-state index contributed by atoms with van der Waals surface area (Å²) in [7, 11) is 0. The van der Waals surface area contributed by atoms with Gasteiger partial charge in [0, 0.05) is 17.9 Å². The van der Waals surface area contributed by atoms with E-state index in [0.29, 0.717) is 17.9 Å². The topological polar surface area (TPSA) is 49.3 Å². The van der Waals surface area contributed by atoms with Gasteiger partial charge in [0.05, 0.1) is 0 Å². The van der Waals surface area contributed by atoms with Crippen LogP contribution in [0.2, 0.25) is 0 Å². The fourth-order valence-electron chi connectivity index (χ4n) is 1.02. The molecule has 3 nitrogen and oxygen atoms in total. The van der Waals surface area contributed by atoms with Crippen LogP contribution in [-0.4, -0.2) is 22.8 Å². The lowest BCUT2D eigenvalue weighted by Crippen LogP contribution is -2.25. The zero-order valence-electron chi connectivity index (χ0n) is 7.99. The number of rotatable bonds is 4. The molecule has 2 N–H and O–H groups in total. The van der Waals surface area contributed by atoms with E-state index in [1.54, 1.807) is 12.1 Å². The summed E-state index contributed by atoms with van der Waals surface area (Å²) in [5.74, 6) is 0.413. The number of benzene rings is 1. The Morgan fingerprint density at radius 3 is 2.64 bits per heavy atom. The monoisotopic (exact) mass is 211 g/mol. The van der Waals surface area contributed by atoms with Crippen molar-refractivity contribution in [2.75, 3.05) is 12.3 Å². The van der Waals surface area contributed by atoms with Gasteiger partial charge < -0.3 is 9.87 Å². The van der Waals surface area contributed by atoms with Gasteiger partial charge in [-0.2, -0.15) is 0 Å². The van der Waals surface area contributed by atoms with Crippen molar-refractivity contribution in [3.05, 3.63) is 35.4 Å². The molecular weight excluding hydrogens is 198 g/mol. The molecule has 0 unspecified atom stereocenters.